The van der Waals surface area contributed by atoms with Crippen LogP contribution in [-0.4, -0.2) is 33.6 Å². The number of carbonyl (C=O) groups excluding carboxylic acids is 1. The van der Waals surface area contributed by atoms with Gasteiger partial charge in [-0.3, -0.25) is 0 Å². The third-order valence-electron chi connectivity index (χ3n) is 4.78. The van der Waals surface area contributed by atoms with Gasteiger partial charge in [0.2, 0.25) is 0 Å². The Hall–Kier alpha value is -1.64. The quantitative estimate of drug-likeness (QED) is 0.597. The Morgan fingerprint density at radius 2 is 2.00 bits per heavy atom. The number of fused-ring (bicyclic) bond motifs is 1. The number of carbonyl (C=O) groups is 1. The molecule has 1 radical (unpaired) electrons. The van der Waals surface area contributed by atoms with Gasteiger partial charge in [-0.15, -0.1) is 0 Å². The van der Waals surface area contributed by atoms with E-state index < -0.39 is 0 Å². The summed E-state index contributed by atoms with van der Waals surface area (Å²) in [5.74, 6) is 0.396. The van der Waals surface area contributed by atoms with E-state index in [1.54, 1.807) is 0 Å². The molecule has 1 heterocycles. The van der Waals surface area contributed by atoms with Crippen LogP contribution in [0.2, 0.25) is 0 Å². The van der Waals surface area contributed by atoms with Crippen molar-refractivity contribution in [3.8, 4) is 11.3 Å². The van der Waals surface area contributed by atoms with E-state index >= 15 is 0 Å². The van der Waals surface area contributed by atoms with Gasteiger partial charge in [0.25, 0.3) is 0 Å². The van der Waals surface area contributed by atoms with Crippen LogP contribution >= 0.6 is 0 Å². The van der Waals surface area contributed by atoms with E-state index in [4.69, 9.17) is 9.72 Å². The summed E-state index contributed by atoms with van der Waals surface area (Å²) in [6.45, 7) is 4.45. The molecular weight excluding hydrogens is 365 g/mol. The van der Waals surface area contributed by atoms with Gasteiger partial charge >= 0.3 is 151 Å². The summed E-state index contributed by atoms with van der Waals surface area (Å²) >= 11 is 2.98. The van der Waals surface area contributed by atoms with Crippen molar-refractivity contribution in [2.75, 3.05) is 6.61 Å². The zero-order valence-corrected chi connectivity index (χ0v) is 15.9. The molecule has 2 aromatic rings. The summed E-state index contributed by atoms with van der Waals surface area (Å²) < 4.78 is 5.93. The average molecular weight is 387 g/mol. The minimum atomic E-state index is -0.260. The second-order valence-corrected chi connectivity index (χ2v) is 7.01. The van der Waals surface area contributed by atoms with Crippen LogP contribution in [0, 0.1) is 5.92 Å². The van der Waals surface area contributed by atoms with Gasteiger partial charge in [-0.2, -0.15) is 0 Å². The second kappa shape index (κ2) is 7.50. The maximum absolute atomic E-state index is 12.5. The molecule has 1 unspecified atom stereocenters. The molecule has 1 aliphatic carbocycles. The third kappa shape index (κ3) is 3.26. The van der Waals surface area contributed by atoms with Crippen molar-refractivity contribution in [3.63, 3.8) is 0 Å². The fourth-order valence-corrected chi connectivity index (χ4v) is 4.10. The van der Waals surface area contributed by atoms with Crippen LogP contribution < -0.4 is 4.59 Å². The number of nitrogens with zero attached hydrogens (tertiary/aromatic N) is 1. The molecule has 1 atom stereocenters. The number of esters is 1. The number of ether oxygens (including phenoxy) is 1. The van der Waals surface area contributed by atoms with E-state index in [-0.39, 0.29) is 5.97 Å². The Bertz CT molecular complexity index is 743. The molecular formula is C20H22NO2Se. The Morgan fingerprint density at radius 1 is 1.25 bits per heavy atom. The first kappa shape index (κ1) is 17.2. The van der Waals surface area contributed by atoms with E-state index in [0.717, 1.165) is 42.5 Å². The van der Waals surface area contributed by atoms with Crippen LogP contribution in [-0.2, 0) is 17.6 Å². The molecule has 0 aliphatic heterocycles. The van der Waals surface area contributed by atoms with Crippen LogP contribution in [0.1, 0.15) is 48.2 Å². The third-order valence-corrected chi connectivity index (χ3v) is 5.40. The van der Waals surface area contributed by atoms with Crippen molar-refractivity contribution < 1.29 is 9.53 Å². The molecule has 1 aromatic carbocycles. The molecule has 3 rings (SSSR count). The summed E-state index contributed by atoms with van der Waals surface area (Å²) in [4.78, 5) is 17.2. The summed E-state index contributed by atoms with van der Waals surface area (Å²) in [5, 5.41) is 0. The molecule has 4 heteroatoms. The van der Waals surface area contributed by atoms with E-state index in [0.29, 0.717) is 22.7 Å². The topological polar surface area (TPSA) is 39.2 Å². The molecule has 0 amide bonds. The zero-order valence-electron chi connectivity index (χ0n) is 14.2. The molecule has 1 aromatic heterocycles. The predicted octanol–water partition coefficient (Wildman–Crippen LogP) is 3.23. The van der Waals surface area contributed by atoms with Gasteiger partial charge in [-0.1, -0.05) is 0 Å². The monoisotopic (exact) mass is 388 g/mol. The molecule has 3 nitrogen and oxygen atoms in total. The van der Waals surface area contributed by atoms with Crippen molar-refractivity contribution in [2.24, 2.45) is 5.92 Å². The fourth-order valence-electron chi connectivity index (χ4n) is 3.48. The zero-order chi connectivity index (χ0) is 17.1. The van der Waals surface area contributed by atoms with Gasteiger partial charge in [0.1, 0.15) is 0 Å². The number of hydrogen-bond acceptors (Lipinski definition) is 3. The predicted molar refractivity (Wildman–Crippen MR) is 96.8 cm³/mol. The Labute approximate surface area is 151 Å². The Morgan fingerprint density at radius 3 is 2.67 bits per heavy atom. The minimum absolute atomic E-state index is 0.260. The van der Waals surface area contributed by atoms with Crippen molar-refractivity contribution in [3.05, 3.63) is 47.0 Å². The molecule has 0 fully saturated rings. The van der Waals surface area contributed by atoms with Crippen LogP contribution in [0.5, 0.6) is 0 Å². The Kier molecular flexibility index (Phi) is 5.37. The first-order valence-electron chi connectivity index (χ1n) is 8.61. The second-order valence-electron chi connectivity index (χ2n) is 6.20. The standard InChI is InChI=1S/C20H22NO2Se/c1-3-13-10-11-15-16(12-13)18(14-8-6-5-7-9-14)21-19(24)17(15)20(22)23-4-2/h5-9,13H,3-4,10-12H2,1-2H3. The van der Waals surface area contributed by atoms with E-state index in [1.807, 2.05) is 25.1 Å². The van der Waals surface area contributed by atoms with Crippen molar-refractivity contribution in [2.45, 2.75) is 39.5 Å². The van der Waals surface area contributed by atoms with Gasteiger partial charge in [-0.05, 0) is 0 Å². The number of rotatable bonds is 4. The van der Waals surface area contributed by atoms with Gasteiger partial charge in [0.15, 0.2) is 0 Å². The number of pyridine rings is 1. The Balaban J connectivity index is 2.18. The molecule has 0 bridgehead atoms. The molecule has 0 N–H and O–H groups in total. The van der Waals surface area contributed by atoms with Crippen LogP contribution in [0.15, 0.2) is 30.3 Å². The molecule has 0 saturated carbocycles. The summed E-state index contributed by atoms with van der Waals surface area (Å²) in [6.07, 6.45) is 4.17. The van der Waals surface area contributed by atoms with Crippen molar-refractivity contribution >= 4 is 26.6 Å². The normalized spacial score (nSPS) is 16.5. The first-order chi connectivity index (χ1) is 11.7. The molecule has 1 aliphatic rings. The molecule has 0 spiro atoms. The van der Waals surface area contributed by atoms with Crippen LogP contribution in [0.3, 0.4) is 0 Å². The van der Waals surface area contributed by atoms with Gasteiger partial charge in [0, 0.05) is 0 Å². The van der Waals surface area contributed by atoms with E-state index in [1.165, 1.54) is 5.56 Å². The van der Waals surface area contributed by atoms with Gasteiger partial charge < -0.3 is 0 Å². The summed E-state index contributed by atoms with van der Waals surface area (Å²) in [6, 6.07) is 10.2. The number of aromatic nitrogens is 1. The van der Waals surface area contributed by atoms with Gasteiger partial charge in [0.05, 0.1) is 0 Å². The molecule has 24 heavy (non-hydrogen) atoms. The summed E-state index contributed by atoms with van der Waals surface area (Å²) in [7, 11) is 0. The number of benzene rings is 1. The maximum atomic E-state index is 12.5. The first-order valence-corrected chi connectivity index (χ1v) is 9.46. The van der Waals surface area contributed by atoms with E-state index in [2.05, 4.69) is 35.1 Å². The van der Waals surface area contributed by atoms with Crippen LogP contribution in [0.25, 0.3) is 11.3 Å². The molecule has 0 saturated heterocycles. The van der Waals surface area contributed by atoms with Gasteiger partial charge in [-0.25, -0.2) is 0 Å². The van der Waals surface area contributed by atoms with Crippen LogP contribution in [0.4, 0.5) is 0 Å². The fraction of sp³-hybridized carbons (Fsp3) is 0.400. The molecule has 125 valence electrons. The summed E-state index contributed by atoms with van der Waals surface area (Å²) in [5.41, 5.74) is 5.10. The van der Waals surface area contributed by atoms with Crippen molar-refractivity contribution in [1.29, 1.82) is 0 Å². The average Bonchev–Trinajstić information content (AvgIpc) is 2.61. The SMILES string of the molecule is CCOC(=O)c1c([Se])nc(-c2ccccc2)c2c1CCC(CC)C2. The number of hydrogen-bond donors (Lipinski definition) is 0. The van der Waals surface area contributed by atoms with Crippen molar-refractivity contribution in [1.82, 2.24) is 4.98 Å². The van der Waals surface area contributed by atoms with E-state index in [9.17, 15) is 4.79 Å².